The van der Waals surface area contributed by atoms with Crippen molar-refractivity contribution in [1.29, 1.82) is 0 Å². The van der Waals surface area contributed by atoms with Crippen LogP contribution in [0.15, 0.2) is 42.9 Å². The Bertz CT molecular complexity index is 453. The number of nitrogens with one attached hydrogen (secondary N) is 1. The molecule has 2 aromatic rings. The molecule has 1 aromatic carbocycles. The first-order valence-electron chi connectivity index (χ1n) is 6.12. The Balaban J connectivity index is 1.91. The quantitative estimate of drug-likeness (QED) is 0.754. The van der Waals surface area contributed by atoms with Gasteiger partial charge in [0.2, 0.25) is 0 Å². The Hall–Kier alpha value is -1.65. The van der Waals surface area contributed by atoms with Crippen LogP contribution in [0, 0.1) is 0 Å². The van der Waals surface area contributed by atoms with Crippen molar-refractivity contribution >= 4 is 0 Å². The first-order chi connectivity index (χ1) is 8.90. The first-order valence-corrected chi connectivity index (χ1v) is 6.12. The van der Waals surface area contributed by atoms with Crippen molar-refractivity contribution in [2.24, 2.45) is 0 Å². The maximum Gasteiger partial charge on any atom is 0.0951 e. The lowest BCUT2D eigenvalue weighted by atomic mass is 10.2. The minimum absolute atomic E-state index is 0.729. The lowest BCUT2D eigenvalue weighted by Crippen LogP contribution is -2.20. The second-order valence-corrected chi connectivity index (χ2v) is 4.17. The molecule has 0 unspecified atom stereocenters. The number of hydrogen-bond donors (Lipinski definition) is 1. The third kappa shape index (κ3) is 3.68. The molecule has 0 aliphatic heterocycles. The zero-order valence-electron chi connectivity index (χ0n) is 10.7. The summed E-state index contributed by atoms with van der Waals surface area (Å²) >= 11 is 0. The fraction of sp³-hybridized carbons (Fsp3) is 0.357. The third-order valence-corrected chi connectivity index (χ3v) is 2.78. The largest absolute Gasteiger partial charge is 0.383 e. The highest BCUT2D eigenvalue weighted by Gasteiger charge is 2.02. The summed E-state index contributed by atoms with van der Waals surface area (Å²) in [6.45, 7) is 3.26. The summed E-state index contributed by atoms with van der Waals surface area (Å²) in [5, 5.41) is 3.33. The molecule has 4 nitrogen and oxygen atoms in total. The van der Waals surface area contributed by atoms with Crippen LogP contribution in [0.25, 0.3) is 0 Å². The Kier molecular flexibility index (Phi) is 4.93. The Morgan fingerprint density at radius 2 is 2.11 bits per heavy atom. The van der Waals surface area contributed by atoms with Crippen LogP contribution >= 0.6 is 0 Å². The molecule has 0 saturated heterocycles. The highest BCUT2D eigenvalue weighted by atomic mass is 16.5. The topological polar surface area (TPSA) is 39.1 Å². The molecule has 0 fully saturated rings. The van der Waals surface area contributed by atoms with Crippen LogP contribution in [0.3, 0.4) is 0 Å². The van der Waals surface area contributed by atoms with E-state index in [4.69, 9.17) is 4.74 Å². The van der Waals surface area contributed by atoms with Gasteiger partial charge in [-0.05, 0) is 5.56 Å². The molecule has 1 N–H and O–H groups in total. The molecule has 4 heteroatoms. The average Bonchev–Trinajstić information content (AvgIpc) is 2.83. The lowest BCUT2D eigenvalue weighted by Gasteiger charge is -2.09. The van der Waals surface area contributed by atoms with Crippen LogP contribution < -0.4 is 5.32 Å². The van der Waals surface area contributed by atoms with Gasteiger partial charge in [0.15, 0.2) is 0 Å². The number of imidazole rings is 1. The van der Waals surface area contributed by atoms with Crippen LogP contribution in [-0.2, 0) is 17.8 Å². The van der Waals surface area contributed by atoms with Crippen molar-refractivity contribution in [3.8, 4) is 0 Å². The average molecular weight is 245 g/mol. The molecule has 0 atom stereocenters. The summed E-state index contributed by atoms with van der Waals surface area (Å²) in [7, 11) is 1.71. The van der Waals surface area contributed by atoms with Gasteiger partial charge in [0.25, 0.3) is 0 Å². The van der Waals surface area contributed by atoms with Gasteiger partial charge in [0.05, 0.1) is 18.6 Å². The van der Waals surface area contributed by atoms with Gasteiger partial charge in [0.1, 0.15) is 0 Å². The van der Waals surface area contributed by atoms with E-state index in [1.165, 1.54) is 11.3 Å². The zero-order valence-corrected chi connectivity index (χ0v) is 10.7. The summed E-state index contributed by atoms with van der Waals surface area (Å²) in [5.41, 5.74) is 2.48. The van der Waals surface area contributed by atoms with Crippen molar-refractivity contribution in [1.82, 2.24) is 14.9 Å². The number of benzene rings is 1. The minimum Gasteiger partial charge on any atom is -0.383 e. The molecule has 1 heterocycles. The molecule has 0 spiro atoms. The monoisotopic (exact) mass is 245 g/mol. The molecule has 96 valence electrons. The molecule has 1 aromatic heterocycles. The maximum atomic E-state index is 5.00. The molecule has 0 bridgehead atoms. The molecule has 18 heavy (non-hydrogen) atoms. The number of hydrogen-bond acceptors (Lipinski definition) is 3. The van der Waals surface area contributed by atoms with E-state index in [9.17, 15) is 0 Å². The van der Waals surface area contributed by atoms with Crippen LogP contribution in [0.5, 0.6) is 0 Å². The van der Waals surface area contributed by atoms with Crippen LogP contribution in [0.4, 0.5) is 0 Å². The smallest absolute Gasteiger partial charge is 0.0951 e. The van der Waals surface area contributed by atoms with Gasteiger partial charge in [-0.3, -0.25) is 0 Å². The van der Waals surface area contributed by atoms with E-state index < -0.39 is 0 Å². The molecular formula is C14H19N3O. The van der Waals surface area contributed by atoms with Gasteiger partial charge in [-0.1, -0.05) is 30.3 Å². The standard InChI is InChI=1S/C14H19N3O/c1-18-8-7-15-9-14-10-16-12-17(14)11-13-5-3-2-4-6-13/h2-6,10,12,15H,7-9,11H2,1H3. The zero-order chi connectivity index (χ0) is 12.6. The van der Waals surface area contributed by atoms with E-state index in [1.54, 1.807) is 7.11 Å². The number of ether oxygens (including phenoxy) is 1. The van der Waals surface area contributed by atoms with Crippen molar-refractivity contribution in [3.63, 3.8) is 0 Å². The fourth-order valence-corrected chi connectivity index (χ4v) is 1.81. The molecule has 0 radical (unpaired) electrons. The van der Waals surface area contributed by atoms with Gasteiger partial charge < -0.3 is 14.6 Å². The highest BCUT2D eigenvalue weighted by Crippen LogP contribution is 2.05. The summed E-state index contributed by atoms with van der Waals surface area (Å²) in [5.74, 6) is 0. The summed E-state index contributed by atoms with van der Waals surface area (Å²) in [6, 6.07) is 10.4. The molecule has 0 aliphatic carbocycles. The van der Waals surface area contributed by atoms with Crippen molar-refractivity contribution in [2.75, 3.05) is 20.3 Å². The van der Waals surface area contributed by atoms with E-state index in [0.29, 0.717) is 0 Å². The Morgan fingerprint density at radius 3 is 2.89 bits per heavy atom. The fourth-order valence-electron chi connectivity index (χ4n) is 1.81. The van der Waals surface area contributed by atoms with Gasteiger partial charge in [-0.15, -0.1) is 0 Å². The number of aromatic nitrogens is 2. The lowest BCUT2D eigenvalue weighted by molar-refractivity contribution is 0.199. The van der Waals surface area contributed by atoms with Crippen LogP contribution in [-0.4, -0.2) is 29.8 Å². The van der Waals surface area contributed by atoms with E-state index >= 15 is 0 Å². The van der Waals surface area contributed by atoms with E-state index in [-0.39, 0.29) is 0 Å². The second-order valence-electron chi connectivity index (χ2n) is 4.17. The van der Waals surface area contributed by atoms with Crippen molar-refractivity contribution in [2.45, 2.75) is 13.1 Å². The maximum absolute atomic E-state index is 5.00. The van der Waals surface area contributed by atoms with Gasteiger partial charge in [-0.2, -0.15) is 0 Å². The number of rotatable bonds is 7. The van der Waals surface area contributed by atoms with Crippen LogP contribution in [0.2, 0.25) is 0 Å². The molecule has 0 aliphatic rings. The summed E-state index contributed by atoms with van der Waals surface area (Å²) in [4.78, 5) is 4.21. The van der Waals surface area contributed by atoms with Crippen molar-refractivity contribution in [3.05, 3.63) is 54.1 Å². The normalized spacial score (nSPS) is 10.7. The van der Waals surface area contributed by atoms with E-state index in [0.717, 1.165) is 26.2 Å². The minimum atomic E-state index is 0.729. The van der Waals surface area contributed by atoms with E-state index in [1.807, 2.05) is 18.6 Å². The van der Waals surface area contributed by atoms with Gasteiger partial charge in [-0.25, -0.2) is 4.98 Å². The van der Waals surface area contributed by atoms with Gasteiger partial charge >= 0.3 is 0 Å². The molecule has 2 rings (SSSR count). The van der Waals surface area contributed by atoms with Crippen molar-refractivity contribution < 1.29 is 4.74 Å². The number of methoxy groups -OCH3 is 1. The Labute approximate surface area is 108 Å². The predicted octanol–water partition coefficient (Wildman–Crippen LogP) is 1.67. The number of nitrogens with zero attached hydrogens (tertiary/aromatic N) is 2. The molecular weight excluding hydrogens is 226 g/mol. The Morgan fingerprint density at radius 1 is 1.28 bits per heavy atom. The molecule has 0 amide bonds. The predicted molar refractivity (Wildman–Crippen MR) is 71.4 cm³/mol. The first kappa shape index (κ1) is 12.8. The van der Waals surface area contributed by atoms with E-state index in [2.05, 4.69) is 39.1 Å². The third-order valence-electron chi connectivity index (χ3n) is 2.78. The summed E-state index contributed by atoms with van der Waals surface area (Å²) in [6.07, 6.45) is 3.78. The van der Waals surface area contributed by atoms with Gasteiger partial charge in [0, 0.05) is 32.9 Å². The second kappa shape index (κ2) is 6.93. The van der Waals surface area contributed by atoms with Crippen LogP contribution in [0.1, 0.15) is 11.3 Å². The summed E-state index contributed by atoms with van der Waals surface area (Å²) < 4.78 is 7.16. The highest BCUT2D eigenvalue weighted by molar-refractivity contribution is 5.16. The SMILES string of the molecule is COCCNCc1cncn1Cc1ccccc1. The molecule has 0 saturated carbocycles.